The molecule has 20 heavy (non-hydrogen) atoms. The van der Waals surface area contributed by atoms with E-state index in [9.17, 15) is 10.2 Å². The van der Waals surface area contributed by atoms with Crippen LogP contribution < -0.4 is 10.6 Å². The lowest BCUT2D eigenvalue weighted by atomic mass is 10.1. The van der Waals surface area contributed by atoms with E-state index in [2.05, 4.69) is 20.1 Å². The Labute approximate surface area is 116 Å². The van der Waals surface area contributed by atoms with Crippen molar-refractivity contribution in [3.05, 3.63) is 18.2 Å². The molecule has 106 valence electrons. The van der Waals surface area contributed by atoms with Crippen LogP contribution in [-0.4, -0.2) is 44.5 Å². The molecule has 7 nitrogen and oxygen atoms in total. The number of hydrogen-bond acceptors (Lipinski definition) is 6. The number of aromatic amines is 1. The normalized spacial score (nSPS) is 16.6. The number of H-pyrrole nitrogens is 1. The number of anilines is 1. The van der Waals surface area contributed by atoms with E-state index < -0.39 is 0 Å². The minimum Gasteiger partial charge on any atom is -0.508 e. The molecule has 3 rings (SSSR count). The molecule has 7 heteroatoms. The molecule has 0 unspecified atom stereocenters. The van der Waals surface area contributed by atoms with Gasteiger partial charge < -0.3 is 20.8 Å². The third-order valence-corrected chi connectivity index (χ3v) is 3.53. The van der Waals surface area contributed by atoms with Crippen molar-refractivity contribution in [3.63, 3.8) is 0 Å². The molecule has 0 bridgehead atoms. The number of nitrogens with zero attached hydrogens (tertiary/aromatic N) is 3. The van der Waals surface area contributed by atoms with E-state index in [4.69, 9.17) is 5.73 Å². The van der Waals surface area contributed by atoms with Gasteiger partial charge in [-0.3, -0.25) is 5.10 Å². The van der Waals surface area contributed by atoms with Crippen LogP contribution in [0.25, 0.3) is 11.4 Å². The standard InChI is InChI=1S/C13H17N5O2/c14-8-3-5-18(6-4-8)13-15-12(16-17-13)10-2-1-9(19)7-11(10)20/h1-2,7-8,19-20H,3-6,14H2,(H,15,16,17). The van der Waals surface area contributed by atoms with Crippen molar-refractivity contribution in [2.45, 2.75) is 18.9 Å². The second-order valence-electron chi connectivity index (χ2n) is 5.01. The summed E-state index contributed by atoms with van der Waals surface area (Å²) in [5, 5.41) is 26.1. The SMILES string of the molecule is NC1CCN(c2n[nH]c(-c3ccc(O)cc3O)n2)CC1. The summed E-state index contributed by atoms with van der Waals surface area (Å²) in [7, 11) is 0. The summed E-state index contributed by atoms with van der Waals surface area (Å²) in [5.74, 6) is 1.07. The summed E-state index contributed by atoms with van der Waals surface area (Å²) in [6.45, 7) is 1.67. The summed E-state index contributed by atoms with van der Waals surface area (Å²) in [6, 6.07) is 4.63. The third kappa shape index (κ3) is 2.39. The van der Waals surface area contributed by atoms with Crippen LogP contribution in [0.15, 0.2) is 18.2 Å². The Kier molecular flexibility index (Phi) is 3.19. The van der Waals surface area contributed by atoms with Crippen molar-refractivity contribution in [2.24, 2.45) is 5.73 Å². The minimum atomic E-state index is -0.0339. The predicted molar refractivity (Wildman–Crippen MR) is 74.6 cm³/mol. The molecular weight excluding hydrogens is 258 g/mol. The van der Waals surface area contributed by atoms with Gasteiger partial charge in [0.1, 0.15) is 11.5 Å². The van der Waals surface area contributed by atoms with Gasteiger partial charge in [-0.25, -0.2) is 0 Å². The highest BCUT2D eigenvalue weighted by atomic mass is 16.3. The quantitative estimate of drug-likeness (QED) is 0.645. The van der Waals surface area contributed by atoms with Gasteiger partial charge in [0.25, 0.3) is 0 Å². The molecule has 0 saturated carbocycles. The molecule has 1 aliphatic heterocycles. The number of rotatable bonds is 2. The fourth-order valence-corrected chi connectivity index (χ4v) is 2.33. The maximum Gasteiger partial charge on any atom is 0.245 e. The average Bonchev–Trinajstić information content (AvgIpc) is 2.89. The number of nitrogens with two attached hydrogens (primary N) is 1. The highest BCUT2D eigenvalue weighted by Gasteiger charge is 2.20. The maximum absolute atomic E-state index is 9.82. The Balaban J connectivity index is 1.83. The van der Waals surface area contributed by atoms with Gasteiger partial charge in [0, 0.05) is 25.2 Å². The molecule has 1 aromatic heterocycles. The molecule has 2 aromatic rings. The van der Waals surface area contributed by atoms with Crippen LogP contribution in [0, 0.1) is 0 Å². The first-order valence-corrected chi connectivity index (χ1v) is 6.59. The maximum atomic E-state index is 9.82. The lowest BCUT2D eigenvalue weighted by Gasteiger charge is -2.28. The van der Waals surface area contributed by atoms with Crippen LogP contribution in [0.4, 0.5) is 5.95 Å². The van der Waals surface area contributed by atoms with Crippen LogP contribution >= 0.6 is 0 Å². The van der Waals surface area contributed by atoms with E-state index in [0.29, 0.717) is 17.3 Å². The molecule has 5 N–H and O–H groups in total. The molecule has 0 amide bonds. The van der Waals surface area contributed by atoms with E-state index in [-0.39, 0.29) is 17.5 Å². The molecule has 2 heterocycles. The van der Waals surface area contributed by atoms with E-state index in [1.165, 1.54) is 12.1 Å². The summed E-state index contributed by atoms with van der Waals surface area (Å²) >= 11 is 0. The number of phenolic OH excluding ortho intramolecular Hbond substituents is 2. The molecule has 1 aromatic carbocycles. The molecule has 1 fully saturated rings. The van der Waals surface area contributed by atoms with E-state index in [0.717, 1.165) is 25.9 Å². The zero-order valence-electron chi connectivity index (χ0n) is 11.0. The van der Waals surface area contributed by atoms with Gasteiger partial charge in [-0.1, -0.05) is 0 Å². The van der Waals surface area contributed by atoms with Gasteiger partial charge in [0.2, 0.25) is 5.95 Å². The largest absolute Gasteiger partial charge is 0.508 e. The lowest BCUT2D eigenvalue weighted by molar-refractivity contribution is 0.451. The van der Waals surface area contributed by atoms with E-state index in [1.54, 1.807) is 6.07 Å². The van der Waals surface area contributed by atoms with Crippen molar-refractivity contribution in [1.82, 2.24) is 15.2 Å². The number of piperidine rings is 1. The molecule has 1 aliphatic rings. The van der Waals surface area contributed by atoms with Crippen molar-refractivity contribution >= 4 is 5.95 Å². The lowest BCUT2D eigenvalue weighted by Crippen LogP contribution is -2.40. The Bertz CT molecular complexity index is 605. The van der Waals surface area contributed by atoms with Crippen LogP contribution in [0.1, 0.15) is 12.8 Å². The number of nitrogens with one attached hydrogen (secondary N) is 1. The molecular formula is C13H17N5O2. The highest BCUT2D eigenvalue weighted by molar-refractivity contribution is 5.65. The summed E-state index contributed by atoms with van der Waals surface area (Å²) < 4.78 is 0. The monoisotopic (exact) mass is 275 g/mol. The van der Waals surface area contributed by atoms with Crippen LogP contribution in [0.3, 0.4) is 0 Å². The Morgan fingerprint density at radius 3 is 2.70 bits per heavy atom. The third-order valence-electron chi connectivity index (χ3n) is 3.53. The fourth-order valence-electron chi connectivity index (χ4n) is 2.33. The Hall–Kier alpha value is -2.28. The van der Waals surface area contributed by atoms with Gasteiger partial charge in [0.15, 0.2) is 5.82 Å². The molecule has 0 spiro atoms. The smallest absolute Gasteiger partial charge is 0.245 e. The van der Waals surface area contributed by atoms with Gasteiger partial charge in [0.05, 0.1) is 5.56 Å². The fraction of sp³-hybridized carbons (Fsp3) is 0.385. The number of aromatic hydroxyl groups is 2. The number of benzene rings is 1. The molecule has 0 atom stereocenters. The van der Waals surface area contributed by atoms with Gasteiger partial charge in [-0.2, -0.15) is 4.98 Å². The topological polar surface area (TPSA) is 111 Å². The van der Waals surface area contributed by atoms with E-state index in [1.807, 2.05) is 0 Å². The van der Waals surface area contributed by atoms with Crippen molar-refractivity contribution in [3.8, 4) is 22.9 Å². The summed E-state index contributed by atoms with van der Waals surface area (Å²) in [6.07, 6.45) is 1.85. The summed E-state index contributed by atoms with van der Waals surface area (Å²) in [4.78, 5) is 6.47. The number of phenols is 2. The van der Waals surface area contributed by atoms with Crippen LogP contribution in [0.5, 0.6) is 11.5 Å². The van der Waals surface area contributed by atoms with Gasteiger partial charge in [-0.05, 0) is 25.0 Å². The average molecular weight is 275 g/mol. The molecule has 0 radical (unpaired) electrons. The minimum absolute atomic E-state index is 0.0102. The predicted octanol–water partition coefficient (Wildman–Crippen LogP) is 0.810. The van der Waals surface area contributed by atoms with Crippen molar-refractivity contribution < 1.29 is 10.2 Å². The number of aromatic nitrogens is 3. The Morgan fingerprint density at radius 1 is 1.25 bits per heavy atom. The zero-order chi connectivity index (χ0) is 14.1. The zero-order valence-corrected chi connectivity index (χ0v) is 11.0. The van der Waals surface area contributed by atoms with Crippen molar-refractivity contribution in [2.75, 3.05) is 18.0 Å². The highest BCUT2D eigenvalue weighted by Crippen LogP contribution is 2.30. The second-order valence-corrected chi connectivity index (χ2v) is 5.01. The second kappa shape index (κ2) is 5.01. The molecule has 0 aliphatic carbocycles. The summed E-state index contributed by atoms with van der Waals surface area (Å²) in [5.41, 5.74) is 6.38. The van der Waals surface area contributed by atoms with Crippen LogP contribution in [0.2, 0.25) is 0 Å². The number of hydrogen-bond donors (Lipinski definition) is 4. The van der Waals surface area contributed by atoms with Gasteiger partial charge in [-0.15, -0.1) is 5.10 Å². The first kappa shape index (κ1) is 12.7. The van der Waals surface area contributed by atoms with Crippen LogP contribution in [-0.2, 0) is 0 Å². The Morgan fingerprint density at radius 2 is 2.00 bits per heavy atom. The molecule has 1 saturated heterocycles. The van der Waals surface area contributed by atoms with Gasteiger partial charge >= 0.3 is 0 Å². The first-order valence-electron chi connectivity index (χ1n) is 6.59. The van der Waals surface area contributed by atoms with E-state index >= 15 is 0 Å². The van der Waals surface area contributed by atoms with Crippen molar-refractivity contribution in [1.29, 1.82) is 0 Å². The first-order chi connectivity index (χ1) is 9.63.